The maximum Gasteiger partial charge on any atom is 0.240 e. The van der Waals surface area contributed by atoms with Crippen LogP contribution in [0.2, 0.25) is 0 Å². The third kappa shape index (κ3) is 5.10. The van der Waals surface area contributed by atoms with Crippen molar-refractivity contribution in [3.63, 3.8) is 0 Å². The minimum Gasteiger partial charge on any atom is -0.356 e. The Balaban J connectivity index is 1.80. The largest absolute Gasteiger partial charge is 0.356 e. The lowest BCUT2D eigenvalue weighted by molar-refractivity contribution is -0.120. The first kappa shape index (κ1) is 17.0. The van der Waals surface area contributed by atoms with Gasteiger partial charge in [0.2, 0.25) is 15.9 Å². The van der Waals surface area contributed by atoms with Crippen LogP contribution in [-0.2, 0) is 14.8 Å². The Morgan fingerprint density at radius 2 is 1.86 bits per heavy atom. The molecule has 0 spiro atoms. The smallest absolute Gasteiger partial charge is 0.240 e. The second kappa shape index (κ2) is 7.24. The van der Waals surface area contributed by atoms with Gasteiger partial charge in [0.25, 0.3) is 0 Å². The molecule has 1 aromatic carbocycles. The summed E-state index contributed by atoms with van der Waals surface area (Å²) in [6, 6.07) is 6.85. The first-order valence-electron chi connectivity index (χ1n) is 7.75. The fourth-order valence-corrected chi connectivity index (χ4v) is 3.11. The molecule has 1 amide bonds. The Kier molecular flexibility index (Phi) is 5.58. The molecule has 1 aromatic rings. The van der Waals surface area contributed by atoms with Gasteiger partial charge >= 0.3 is 0 Å². The van der Waals surface area contributed by atoms with Crippen LogP contribution < -0.4 is 10.0 Å². The molecule has 0 radical (unpaired) electrons. The monoisotopic (exact) mass is 324 g/mol. The normalized spacial score (nSPS) is 15.0. The summed E-state index contributed by atoms with van der Waals surface area (Å²) < 4.78 is 26.7. The van der Waals surface area contributed by atoms with Crippen molar-refractivity contribution in [2.24, 2.45) is 5.92 Å². The number of hydrogen-bond donors (Lipinski definition) is 2. The molecule has 6 heteroatoms. The molecule has 2 N–H and O–H groups in total. The topological polar surface area (TPSA) is 75.3 Å². The molecule has 2 rings (SSSR count). The van der Waals surface area contributed by atoms with Crippen molar-refractivity contribution in [2.45, 2.75) is 43.9 Å². The molecule has 1 fully saturated rings. The van der Waals surface area contributed by atoms with Gasteiger partial charge in [0.05, 0.1) is 4.90 Å². The van der Waals surface area contributed by atoms with Gasteiger partial charge in [-0.2, -0.15) is 0 Å². The van der Waals surface area contributed by atoms with Crippen molar-refractivity contribution in [1.29, 1.82) is 0 Å². The number of sulfonamides is 1. The van der Waals surface area contributed by atoms with Crippen LogP contribution in [-0.4, -0.2) is 27.4 Å². The van der Waals surface area contributed by atoms with E-state index in [-0.39, 0.29) is 23.8 Å². The number of amides is 1. The summed E-state index contributed by atoms with van der Waals surface area (Å²) in [5.74, 6) is 0.879. The highest BCUT2D eigenvalue weighted by Crippen LogP contribution is 2.27. The number of rotatable bonds is 8. The number of carbonyl (C=O) groups excluding carboxylic acids is 1. The maximum atomic E-state index is 12.1. The van der Waals surface area contributed by atoms with Gasteiger partial charge in [-0.05, 0) is 42.4 Å². The summed E-state index contributed by atoms with van der Waals surface area (Å²) in [6.07, 6.45) is 2.52. The van der Waals surface area contributed by atoms with Crippen LogP contribution in [0.1, 0.15) is 44.6 Å². The van der Waals surface area contributed by atoms with Gasteiger partial charge in [-0.15, -0.1) is 0 Å². The average molecular weight is 324 g/mol. The zero-order valence-electron chi connectivity index (χ0n) is 13.1. The molecule has 1 aliphatic carbocycles. The van der Waals surface area contributed by atoms with Gasteiger partial charge in [0, 0.05) is 19.5 Å². The molecule has 0 aromatic heterocycles. The Hall–Kier alpha value is -1.40. The molecule has 0 atom stereocenters. The van der Waals surface area contributed by atoms with Gasteiger partial charge in [-0.3, -0.25) is 4.79 Å². The van der Waals surface area contributed by atoms with Crippen molar-refractivity contribution < 1.29 is 13.2 Å². The lowest BCUT2D eigenvalue weighted by Crippen LogP contribution is -2.31. The number of hydrogen-bond acceptors (Lipinski definition) is 3. The minimum absolute atomic E-state index is 0.107. The first-order valence-corrected chi connectivity index (χ1v) is 9.23. The van der Waals surface area contributed by atoms with Crippen LogP contribution in [0.4, 0.5) is 0 Å². The highest BCUT2D eigenvalue weighted by Gasteiger charge is 2.21. The van der Waals surface area contributed by atoms with Crippen LogP contribution in [0.25, 0.3) is 0 Å². The molecule has 22 heavy (non-hydrogen) atoms. The van der Waals surface area contributed by atoms with E-state index >= 15 is 0 Å². The predicted molar refractivity (Wildman–Crippen MR) is 86.1 cm³/mol. The van der Waals surface area contributed by atoms with Crippen molar-refractivity contribution in [2.75, 3.05) is 13.1 Å². The van der Waals surface area contributed by atoms with Gasteiger partial charge < -0.3 is 5.32 Å². The molecule has 0 bridgehead atoms. The van der Waals surface area contributed by atoms with Crippen molar-refractivity contribution in [1.82, 2.24) is 10.0 Å². The molecule has 0 unspecified atom stereocenters. The summed E-state index contributed by atoms with van der Waals surface area (Å²) >= 11 is 0. The minimum atomic E-state index is -3.55. The zero-order chi connectivity index (χ0) is 16.2. The number of nitrogens with one attached hydrogen (secondary N) is 2. The van der Waals surface area contributed by atoms with Gasteiger partial charge in [0.1, 0.15) is 0 Å². The third-order valence-corrected chi connectivity index (χ3v) is 5.26. The van der Waals surface area contributed by atoms with Gasteiger partial charge in [0.15, 0.2) is 0 Å². The van der Waals surface area contributed by atoms with E-state index in [4.69, 9.17) is 0 Å². The van der Waals surface area contributed by atoms with E-state index in [1.807, 2.05) is 12.1 Å². The molecule has 1 aliphatic rings. The first-order chi connectivity index (χ1) is 10.4. The Bertz CT molecular complexity index is 605. The fourth-order valence-electron chi connectivity index (χ4n) is 2.08. The SMILES string of the molecule is CC(C)c1ccc(S(=O)(=O)NCCC(=O)NCC2CC2)cc1. The molecule has 5 nitrogen and oxygen atoms in total. The maximum absolute atomic E-state index is 12.1. The van der Waals surface area contributed by atoms with Gasteiger partial charge in [-0.25, -0.2) is 13.1 Å². The summed E-state index contributed by atoms with van der Waals surface area (Å²) in [5, 5.41) is 2.82. The van der Waals surface area contributed by atoms with E-state index in [0.29, 0.717) is 18.4 Å². The summed E-state index contributed by atoms with van der Waals surface area (Å²) in [4.78, 5) is 11.8. The van der Waals surface area contributed by atoms with Crippen LogP contribution in [0, 0.1) is 5.92 Å². The molecule has 1 saturated carbocycles. The Morgan fingerprint density at radius 3 is 2.41 bits per heavy atom. The Labute approximate surface area is 132 Å². The van der Waals surface area contributed by atoms with E-state index in [0.717, 1.165) is 5.56 Å². The number of benzene rings is 1. The highest BCUT2D eigenvalue weighted by atomic mass is 32.2. The van der Waals surface area contributed by atoms with Crippen molar-refractivity contribution >= 4 is 15.9 Å². The highest BCUT2D eigenvalue weighted by molar-refractivity contribution is 7.89. The number of carbonyl (C=O) groups is 1. The van der Waals surface area contributed by atoms with E-state index in [1.165, 1.54) is 12.8 Å². The summed E-state index contributed by atoms with van der Waals surface area (Å²) in [6.45, 7) is 4.94. The standard InChI is InChI=1S/C16H24N2O3S/c1-12(2)14-5-7-15(8-6-14)22(20,21)18-10-9-16(19)17-11-13-3-4-13/h5-8,12-13,18H,3-4,9-11H2,1-2H3,(H,17,19). The predicted octanol–water partition coefficient (Wildman–Crippen LogP) is 2.00. The second-order valence-electron chi connectivity index (χ2n) is 6.12. The third-order valence-electron chi connectivity index (χ3n) is 3.79. The molecular weight excluding hydrogens is 300 g/mol. The van der Waals surface area contributed by atoms with Crippen LogP contribution in [0.5, 0.6) is 0 Å². The molecule has 0 heterocycles. The Morgan fingerprint density at radius 1 is 1.23 bits per heavy atom. The van der Waals surface area contributed by atoms with Gasteiger partial charge in [-0.1, -0.05) is 26.0 Å². The lowest BCUT2D eigenvalue weighted by atomic mass is 10.0. The lowest BCUT2D eigenvalue weighted by Gasteiger charge is -2.09. The van der Waals surface area contributed by atoms with E-state index in [1.54, 1.807) is 12.1 Å². The molecular formula is C16H24N2O3S. The summed E-state index contributed by atoms with van der Waals surface area (Å²) in [5.41, 5.74) is 1.10. The molecule has 122 valence electrons. The van der Waals surface area contributed by atoms with E-state index in [9.17, 15) is 13.2 Å². The van der Waals surface area contributed by atoms with Crippen LogP contribution >= 0.6 is 0 Å². The molecule has 0 aliphatic heterocycles. The average Bonchev–Trinajstić information content (AvgIpc) is 3.29. The van der Waals surface area contributed by atoms with Crippen molar-refractivity contribution in [3.8, 4) is 0 Å². The zero-order valence-corrected chi connectivity index (χ0v) is 13.9. The quantitative estimate of drug-likeness (QED) is 0.768. The summed E-state index contributed by atoms with van der Waals surface area (Å²) in [7, 11) is -3.55. The van der Waals surface area contributed by atoms with E-state index < -0.39 is 10.0 Å². The van der Waals surface area contributed by atoms with Crippen LogP contribution in [0.3, 0.4) is 0 Å². The van der Waals surface area contributed by atoms with Crippen LogP contribution in [0.15, 0.2) is 29.2 Å². The molecule has 0 saturated heterocycles. The second-order valence-corrected chi connectivity index (χ2v) is 7.89. The van der Waals surface area contributed by atoms with Crippen molar-refractivity contribution in [3.05, 3.63) is 29.8 Å². The van der Waals surface area contributed by atoms with E-state index in [2.05, 4.69) is 23.9 Å². The fraction of sp³-hybridized carbons (Fsp3) is 0.562.